The molecule has 1 saturated carbocycles. The minimum Gasteiger partial charge on any atom is -0.496 e. The van der Waals surface area contributed by atoms with E-state index >= 15 is 0 Å². The van der Waals surface area contributed by atoms with Crippen LogP contribution in [0.1, 0.15) is 68.6 Å². The number of aromatic nitrogens is 1. The summed E-state index contributed by atoms with van der Waals surface area (Å²) in [5.74, 6) is -0.292. The first-order chi connectivity index (χ1) is 14.5. The van der Waals surface area contributed by atoms with E-state index in [4.69, 9.17) is 21.1 Å². The van der Waals surface area contributed by atoms with Crippen LogP contribution in [0.4, 0.5) is 0 Å². The van der Waals surface area contributed by atoms with Crippen LogP contribution in [0.2, 0.25) is 5.02 Å². The Morgan fingerprint density at radius 2 is 1.94 bits per heavy atom. The van der Waals surface area contributed by atoms with Crippen LogP contribution in [0, 0.1) is 0 Å². The van der Waals surface area contributed by atoms with Crippen molar-refractivity contribution in [1.82, 2.24) is 4.57 Å². The van der Waals surface area contributed by atoms with Crippen LogP contribution in [-0.4, -0.2) is 29.2 Å². The highest BCUT2D eigenvalue weighted by atomic mass is 35.5. The third kappa shape index (κ3) is 5.57. The van der Waals surface area contributed by atoms with Crippen molar-refractivity contribution in [2.45, 2.75) is 70.9 Å². The molecule has 1 aromatic carbocycles. The number of nitrogens with zero attached hydrogens (tertiary/aromatic N) is 2. The molecule has 0 bridgehead atoms. The predicted molar refractivity (Wildman–Crippen MR) is 122 cm³/mol. The van der Waals surface area contributed by atoms with Gasteiger partial charge in [0.2, 0.25) is 0 Å². The molecular formula is C23H29ClN2O4S. The number of carbonyl (C=O) groups is 2. The second-order valence-corrected chi connectivity index (χ2v) is 10.4. The molecule has 8 heteroatoms. The number of benzene rings is 1. The highest BCUT2D eigenvalue weighted by molar-refractivity contribution is 7.09. The molecule has 0 atom stereocenters. The number of carbonyl (C=O) groups excluding carboxylic acids is 2. The monoisotopic (exact) mass is 464 g/mol. The quantitative estimate of drug-likeness (QED) is 0.575. The van der Waals surface area contributed by atoms with Crippen molar-refractivity contribution in [3.8, 4) is 5.75 Å². The maximum absolute atomic E-state index is 13.1. The van der Waals surface area contributed by atoms with Gasteiger partial charge in [-0.15, -0.1) is 11.3 Å². The molecule has 0 saturated heterocycles. The first-order valence-electron chi connectivity index (χ1n) is 10.4. The Hall–Kier alpha value is -2.12. The molecule has 1 fully saturated rings. The molecule has 1 heterocycles. The lowest BCUT2D eigenvalue weighted by molar-refractivity contribution is -0.158. The Morgan fingerprint density at radius 3 is 2.52 bits per heavy atom. The zero-order valence-electron chi connectivity index (χ0n) is 18.7. The molecule has 168 valence electrons. The first kappa shape index (κ1) is 23.5. The molecule has 2 aromatic rings. The van der Waals surface area contributed by atoms with E-state index in [2.05, 4.69) is 25.8 Å². The van der Waals surface area contributed by atoms with E-state index in [-0.39, 0.29) is 11.4 Å². The molecule has 1 aromatic heterocycles. The summed E-state index contributed by atoms with van der Waals surface area (Å²) in [4.78, 5) is 30.9. The summed E-state index contributed by atoms with van der Waals surface area (Å²) in [5, 5.41) is 0.438. The summed E-state index contributed by atoms with van der Waals surface area (Å²) in [6.45, 7) is 8.27. The smallest absolute Gasteiger partial charge is 0.303 e. The number of hydrogen-bond acceptors (Lipinski definition) is 5. The minimum absolute atomic E-state index is 0.110. The van der Waals surface area contributed by atoms with Crippen LogP contribution >= 0.6 is 22.9 Å². The normalized spacial score (nSPS) is 16.4. The van der Waals surface area contributed by atoms with E-state index < -0.39 is 11.5 Å². The van der Waals surface area contributed by atoms with Crippen molar-refractivity contribution >= 4 is 34.8 Å². The third-order valence-electron chi connectivity index (χ3n) is 5.38. The summed E-state index contributed by atoms with van der Waals surface area (Å²) in [6, 6.07) is 4.89. The number of hydrogen-bond donors (Lipinski definition) is 0. The van der Waals surface area contributed by atoms with E-state index in [1.54, 1.807) is 18.2 Å². The molecule has 1 aliphatic carbocycles. The molecule has 1 aliphatic rings. The van der Waals surface area contributed by atoms with Gasteiger partial charge in [-0.2, -0.15) is 4.99 Å². The summed E-state index contributed by atoms with van der Waals surface area (Å²) >= 11 is 7.56. The third-order valence-corrected chi connectivity index (χ3v) is 7.06. The molecule has 1 amide bonds. The summed E-state index contributed by atoms with van der Waals surface area (Å²) in [5.41, 5.74) is -0.363. The first-order valence-corrected chi connectivity index (χ1v) is 11.6. The lowest BCUT2D eigenvalue weighted by atomic mass is 9.95. The molecule has 0 N–H and O–H groups in total. The number of ether oxygens (including phenoxy) is 2. The van der Waals surface area contributed by atoms with E-state index in [0.717, 1.165) is 30.6 Å². The largest absolute Gasteiger partial charge is 0.496 e. The summed E-state index contributed by atoms with van der Waals surface area (Å²) in [6.07, 6.45) is 5.64. The van der Waals surface area contributed by atoms with Crippen molar-refractivity contribution in [2.24, 2.45) is 4.99 Å². The Morgan fingerprint density at radius 1 is 1.26 bits per heavy atom. The van der Waals surface area contributed by atoms with Crippen LogP contribution in [0.25, 0.3) is 0 Å². The van der Waals surface area contributed by atoms with Gasteiger partial charge in [0, 0.05) is 23.0 Å². The van der Waals surface area contributed by atoms with Crippen LogP contribution in [0.15, 0.2) is 29.4 Å². The zero-order chi connectivity index (χ0) is 22.8. The lowest BCUT2D eigenvalue weighted by Gasteiger charge is -2.29. The number of amides is 1. The maximum Gasteiger partial charge on any atom is 0.303 e. The second-order valence-electron chi connectivity index (χ2n) is 9.00. The summed E-state index contributed by atoms with van der Waals surface area (Å²) in [7, 11) is 1.51. The van der Waals surface area contributed by atoms with Crippen LogP contribution in [-0.2, 0) is 21.5 Å². The Bertz CT molecular complexity index is 1040. The van der Waals surface area contributed by atoms with Crippen molar-refractivity contribution in [3.63, 3.8) is 0 Å². The molecule has 3 rings (SSSR count). The lowest BCUT2D eigenvalue weighted by Crippen LogP contribution is -2.38. The number of rotatable bonds is 5. The van der Waals surface area contributed by atoms with Gasteiger partial charge in [0.25, 0.3) is 5.91 Å². The zero-order valence-corrected chi connectivity index (χ0v) is 20.2. The van der Waals surface area contributed by atoms with Crippen molar-refractivity contribution in [2.75, 3.05) is 7.11 Å². The predicted octanol–water partition coefficient (Wildman–Crippen LogP) is 5.13. The topological polar surface area (TPSA) is 69.9 Å². The van der Waals surface area contributed by atoms with Gasteiger partial charge >= 0.3 is 5.97 Å². The highest BCUT2D eigenvalue weighted by Gasteiger charge is 2.38. The SMILES string of the molecule is COc1ccc(Cl)cc1C(=O)N=c1sc(C(C)(C)C)cn1CC1(OC(C)=O)CCCC1. The number of esters is 1. The van der Waals surface area contributed by atoms with Crippen molar-refractivity contribution < 1.29 is 19.1 Å². The van der Waals surface area contributed by atoms with Gasteiger partial charge in [-0.05, 0) is 49.3 Å². The van der Waals surface area contributed by atoms with Crippen LogP contribution in [0.3, 0.4) is 0 Å². The molecule has 0 radical (unpaired) electrons. The number of halogens is 1. The van der Waals surface area contributed by atoms with E-state index in [0.29, 0.717) is 27.7 Å². The van der Waals surface area contributed by atoms with Gasteiger partial charge in [-0.1, -0.05) is 32.4 Å². The fourth-order valence-electron chi connectivity index (χ4n) is 3.85. The van der Waals surface area contributed by atoms with Gasteiger partial charge < -0.3 is 14.0 Å². The van der Waals surface area contributed by atoms with Gasteiger partial charge in [-0.25, -0.2) is 0 Å². The molecule has 0 spiro atoms. The molecule has 6 nitrogen and oxygen atoms in total. The van der Waals surface area contributed by atoms with E-state index in [9.17, 15) is 9.59 Å². The van der Waals surface area contributed by atoms with Crippen LogP contribution in [0.5, 0.6) is 5.75 Å². The van der Waals surface area contributed by atoms with Gasteiger partial charge in [0.05, 0.1) is 19.2 Å². The van der Waals surface area contributed by atoms with E-state index in [1.165, 1.54) is 25.4 Å². The Balaban J connectivity index is 2.07. The van der Waals surface area contributed by atoms with Gasteiger partial charge in [-0.3, -0.25) is 9.59 Å². The average Bonchev–Trinajstić information content (AvgIpc) is 3.28. The Labute approximate surface area is 191 Å². The van der Waals surface area contributed by atoms with Crippen LogP contribution < -0.4 is 9.54 Å². The average molecular weight is 465 g/mol. The molecule has 0 aliphatic heterocycles. The fraction of sp³-hybridized carbons (Fsp3) is 0.522. The molecule has 31 heavy (non-hydrogen) atoms. The minimum atomic E-state index is -0.562. The van der Waals surface area contributed by atoms with Crippen molar-refractivity contribution in [3.05, 3.63) is 44.7 Å². The summed E-state index contributed by atoms with van der Waals surface area (Å²) < 4.78 is 13.0. The maximum atomic E-state index is 13.1. The van der Waals surface area contributed by atoms with Crippen molar-refractivity contribution in [1.29, 1.82) is 0 Å². The number of methoxy groups -OCH3 is 1. The van der Waals surface area contributed by atoms with Gasteiger partial charge in [0.1, 0.15) is 11.4 Å². The fourth-order valence-corrected chi connectivity index (χ4v) is 5.07. The van der Waals surface area contributed by atoms with E-state index in [1.807, 2.05) is 10.8 Å². The highest BCUT2D eigenvalue weighted by Crippen LogP contribution is 2.35. The number of thiazole rings is 1. The second kappa shape index (κ2) is 9.17. The molecule has 0 unspecified atom stereocenters. The Kier molecular flexibility index (Phi) is 6.96. The standard InChI is InChI=1S/C23H29ClN2O4S/c1-15(27)30-23(10-6-7-11-23)14-26-13-19(22(2,3)4)31-21(26)25-20(28)17-12-16(24)8-9-18(17)29-5/h8-9,12-13H,6-7,10-11,14H2,1-5H3. The van der Waals surface area contributed by atoms with Gasteiger partial charge in [0.15, 0.2) is 4.80 Å². The molecular weight excluding hydrogens is 436 g/mol.